The number of halogens is 3. The Hall–Kier alpha value is -2.95. The summed E-state index contributed by atoms with van der Waals surface area (Å²) in [5, 5.41) is 11.3. The van der Waals surface area contributed by atoms with Gasteiger partial charge in [0.1, 0.15) is 5.76 Å². The van der Waals surface area contributed by atoms with Crippen LogP contribution in [0, 0.1) is 6.92 Å². The van der Waals surface area contributed by atoms with Gasteiger partial charge in [-0.2, -0.15) is 13.2 Å². The summed E-state index contributed by atoms with van der Waals surface area (Å²) < 4.78 is 47.4. The number of aryl methyl sites for hydroxylation is 1. The lowest BCUT2D eigenvalue weighted by Crippen LogP contribution is -2.30. The first-order valence-electron chi connectivity index (χ1n) is 8.50. The SMILES string of the molecule is Cc1occc1-c1nnc(SCCNC(=O)OCC(F)(F)F)n1-c1ccccc1. The maximum absolute atomic E-state index is 12.0. The molecule has 2 aromatic heterocycles. The number of hydrogen-bond acceptors (Lipinski definition) is 6. The van der Waals surface area contributed by atoms with Crippen LogP contribution in [0.3, 0.4) is 0 Å². The van der Waals surface area contributed by atoms with Crippen molar-refractivity contribution in [1.82, 2.24) is 20.1 Å². The van der Waals surface area contributed by atoms with Crippen LogP contribution in [0.5, 0.6) is 0 Å². The monoisotopic (exact) mass is 426 g/mol. The van der Waals surface area contributed by atoms with E-state index >= 15 is 0 Å². The third-order valence-corrected chi connectivity index (χ3v) is 4.65. The van der Waals surface area contributed by atoms with E-state index in [1.165, 1.54) is 11.8 Å². The largest absolute Gasteiger partial charge is 0.469 e. The van der Waals surface area contributed by atoms with Gasteiger partial charge in [0, 0.05) is 18.0 Å². The minimum absolute atomic E-state index is 0.100. The highest BCUT2D eigenvalue weighted by molar-refractivity contribution is 7.99. The number of alkyl carbamates (subject to hydrolysis) is 1. The number of carbonyl (C=O) groups is 1. The molecule has 3 rings (SSSR count). The third kappa shape index (κ3) is 5.53. The predicted octanol–water partition coefficient (Wildman–Crippen LogP) is 4.22. The van der Waals surface area contributed by atoms with E-state index < -0.39 is 18.9 Å². The summed E-state index contributed by atoms with van der Waals surface area (Å²) in [6.07, 6.45) is -4.11. The van der Waals surface area contributed by atoms with Gasteiger partial charge in [-0.25, -0.2) is 4.79 Å². The highest BCUT2D eigenvalue weighted by Crippen LogP contribution is 2.30. The Labute approximate surface area is 168 Å². The van der Waals surface area contributed by atoms with Crippen molar-refractivity contribution >= 4 is 17.9 Å². The molecule has 0 atom stereocenters. The molecule has 0 saturated carbocycles. The average molecular weight is 426 g/mol. The quantitative estimate of drug-likeness (QED) is 0.450. The van der Waals surface area contributed by atoms with E-state index in [0.29, 0.717) is 22.5 Å². The number of alkyl halides is 3. The molecule has 0 aliphatic carbocycles. The van der Waals surface area contributed by atoms with Crippen molar-refractivity contribution in [3.63, 3.8) is 0 Å². The Morgan fingerprint density at radius 2 is 2.00 bits per heavy atom. The predicted molar refractivity (Wildman–Crippen MR) is 99.9 cm³/mol. The number of ether oxygens (including phenoxy) is 1. The molecule has 29 heavy (non-hydrogen) atoms. The average Bonchev–Trinajstić information content (AvgIpc) is 3.29. The molecule has 2 heterocycles. The third-order valence-electron chi connectivity index (χ3n) is 3.72. The summed E-state index contributed by atoms with van der Waals surface area (Å²) in [5.74, 6) is 1.65. The van der Waals surface area contributed by atoms with E-state index in [0.717, 1.165) is 11.3 Å². The number of furan rings is 1. The summed E-state index contributed by atoms with van der Waals surface area (Å²) in [6, 6.07) is 11.3. The Morgan fingerprint density at radius 3 is 2.66 bits per heavy atom. The normalized spacial score (nSPS) is 11.4. The van der Waals surface area contributed by atoms with E-state index in [1.807, 2.05) is 41.8 Å². The highest BCUT2D eigenvalue weighted by Gasteiger charge is 2.29. The summed E-state index contributed by atoms with van der Waals surface area (Å²) in [6.45, 7) is 0.299. The minimum Gasteiger partial charge on any atom is -0.469 e. The van der Waals surface area contributed by atoms with Crippen molar-refractivity contribution in [2.24, 2.45) is 0 Å². The second kappa shape index (κ2) is 9.03. The lowest BCUT2D eigenvalue weighted by molar-refractivity contribution is -0.160. The Kier molecular flexibility index (Phi) is 6.47. The zero-order valence-electron chi connectivity index (χ0n) is 15.3. The van der Waals surface area contributed by atoms with Crippen molar-refractivity contribution in [2.45, 2.75) is 18.3 Å². The number of nitrogens with zero attached hydrogens (tertiary/aromatic N) is 3. The van der Waals surface area contributed by atoms with Gasteiger partial charge in [0.05, 0.1) is 11.8 Å². The number of para-hydroxylation sites is 1. The summed E-state index contributed by atoms with van der Waals surface area (Å²) in [5.41, 5.74) is 1.63. The molecule has 7 nitrogen and oxygen atoms in total. The van der Waals surface area contributed by atoms with Gasteiger partial charge in [0.2, 0.25) is 0 Å². The second-order valence-electron chi connectivity index (χ2n) is 5.83. The molecule has 0 saturated heterocycles. The molecule has 1 N–H and O–H groups in total. The summed E-state index contributed by atoms with van der Waals surface area (Å²) in [7, 11) is 0. The molecule has 1 amide bonds. The molecule has 0 bridgehead atoms. The molecule has 11 heteroatoms. The molecule has 0 radical (unpaired) electrons. The number of amides is 1. The van der Waals surface area contributed by atoms with Crippen LogP contribution in [0.25, 0.3) is 17.1 Å². The lowest BCUT2D eigenvalue weighted by Gasteiger charge is -2.10. The number of aromatic nitrogens is 3. The van der Waals surface area contributed by atoms with Gasteiger partial charge < -0.3 is 14.5 Å². The molecule has 0 fully saturated rings. The number of thioether (sulfide) groups is 1. The first-order valence-corrected chi connectivity index (χ1v) is 9.49. The molecule has 0 aliphatic rings. The van der Waals surface area contributed by atoms with Gasteiger partial charge in [-0.3, -0.25) is 4.57 Å². The molecular formula is C18H17F3N4O3S. The van der Waals surface area contributed by atoms with Crippen molar-refractivity contribution < 1.29 is 27.1 Å². The van der Waals surface area contributed by atoms with Gasteiger partial charge in [0.25, 0.3) is 0 Å². The zero-order valence-corrected chi connectivity index (χ0v) is 16.1. The maximum atomic E-state index is 12.0. The van der Waals surface area contributed by atoms with Crippen LogP contribution in [-0.2, 0) is 4.74 Å². The van der Waals surface area contributed by atoms with Crippen LogP contribution in [0.2, 0.25) is 0 Å². The van der Waals surface area contributed by atoms with Gasteiger partial charge >= 0.3 is 12.3 Å². The van der Waals surface area contributed by atoms with E-state index in [2.05, 4.69) is 20.3 Å². The fourth-order valence-electron chi connectivity index (χ4n) is 2.46. The molecule has 3 aromatic rings. The molecule has 1 aromatic carbocycles. The smallest absolute Gasteiger partial charge is 0.422 e. The number of benzene rings is 1. The molecular weight excluding hydrogens is 409 g/mol. The first kappa shape index (κ1) is 20.8. The van der Waals surface area contributed by atoms with Crippen molar-refractivity contribution in [3.8, 4) is 17.1 Å². The topological polar surface area (TPSA) is 82.2 Å². The van der Waals surface area contributed by atoms with Gasteiger partial charge in [-0.15, -0.1) is 10.2 Å². The first-order chi connectivity index (χ1) is 13.8. The summed E-state index contributed by atoms with van der Waals surface area (Å²) in [4.78, 5) is 11.3. The van der Waals surface area contributed by atoms with Gasteiger partial charge in [-0.05, 0) is 25.1 Å². The van der Waals surface area contributed by atoms with Crippen LogP contribution in [0.1, 0.15) is 5.76 Å². The van der Waals surface area contributed by atoms with Crippen molar-refractivity contribution in [2.75, 3.05) is 18.9 Å². The standard InChI is InChI=1S/C18H17F3N4O3S/c1-12-14(7-9-27-12)15-23-24-16(25(15)13-5-3-2-4-6-13)29-10-8-22-17(26)28-11-18(19,20)21/h2-7,9H,8,10-11H2,1H3,(H,22,26). The Bertz CT molecular complexity index is 957. The number of carbonyl (C=O) groups excluding carboxylic acids is 1. The van der Waals surface area contributed by atoms with Crippen LogP contribution in [-0.4, -0.2) is 45.9 Å². The van der Waals surface area contributed by atoms with Gasteiger partial charge in [0.15, 0.2) is 17.6 Å². The number of nitrogens with one attached hydrogen (secondary N) is 1. The van der Waals surface area contributed by atoms with E-state index in [-0.39, 0.29) is 6.54 Å². The maximum Gasteiger partial charge on any atom is 0.422 e. The van der Waals surface area contributed by atoms with Crippen LogP contribution >= 0.6 is 11.8 Å². The fourth-order valence-corrected chi connectivity index (χ4v) is 3.26. The second-order valence-corrected chi connectivity index (χ2v) is 6.90. The highest BCUT2D eigenvalue weighted by atomic mass is 32.2. The Morgan fingerprint density at radius 1 is 1.24 bits per heavy atom. The van der Waals surface area contributed by atoms with Crippen LogP contribution in [0.4, 0.5) is 18.0 Å². The van der Waals surface area contributed by atoms with Crippen molar-refractivity contribution in [3.05, 3.63) is 48.4 Å². The number of rotatable bonds is 7. The van der Waals surface area contributed by atoms with Gasteiger partial charge in [-0.1, -0.05) is 30.0 Å². The molecule has 0 unspecified atom stereocenters. The summed E-state index contributed by atoms with van der Waals surface area (Å²) >= 11 is 1.30. The van der Waals surface area contributed by atoms with E-state index in [1.54, 1.807) is 12.3 Å². The fraction of sp³-hybridized carbons (Fsp3) is 0.278. The zero-order chi connectivity index (χ0) is 20.9. The van der Waals surface area contributed by atoms with E-state index in [9.17, 15) is 18.0 Å². The Balaban J connectivity index is 1.68. The van der Waals surface area contributed by atoms with E-state index in [4.69, 9.17) is 4.42 Å². The molecule has 0 spiro atoms. The van der Waals surface area contributed by atoms with Crippen molar-refractivity contribution in [1.29, 1.82) is 0 Å². The lowest BCUT2D eigenvalue weighted by atomic mass is 10.2. The molecule has 0 aliphatic heterocycles. The molecule has 154 valence electrons. The van der Waals surface area contributed by atoms with Crippen LogP contribution < -0.4 is 5.32 Å². The van der Waals surface area contributed by atoms with Crippen LogP contribution in [0.15, 0.2) is 52.2 Å². The number of hydrogen-bond donors (Lipinski definition) is 1. The minimum atomic E-state index is -4.56.